The van der Waals surface area contributed by atoms with Crippen LogP contribution < -0.4 is 10.1 Å². The van der Waals surface area contributed by atoms with Crippen molar-refractivity contribution in [1.29, 1.82) is 0 Å². The molecule has 1 atom stereocenters. The molecule has 0 saturated heterocycles. The summed E-state index contributed by atoms with van der Waals surface area (Å²) in [6.45, 7) is 8.37. The highest BCUT2D eigenvalue weighted by molar-refractivity contribution is 6.04. The maximum absolute atomic E-state index is 12.6. The van der Waals surface area contributed by atoms with Gasteiger partial charge in [0.15, 0.2) is 0 Å². The Morgan fingerprint density at radius 3 is 2.58 bits per heavy atom. The van der Waals surface area contributed by atoms with Crippen molar-refractivity contribution in [1.82, 2.24) is 0 Å². The highest BCUT2D eigenvalue weighted by atomic mass is 16.5. The lowest BCUT2D eigenvalue weighted by atomic mass is 9.97. The number of rotatable bonds is 7. The lowest BCUT2D eigenvalue weighted by molar-refractivity contribution is 0.102. The first-order valence-corrected chi connectivity index (χ1v) is 8.83. The minimum Gasteiger partial charge on any atom is -0.490 e. The summed E-state index contributed by atoms with van der Waals surface area (Å²) in [6, 6.07) is 14.4. The van der Waals surface area contributed by atoms with Gasteiger partial charge >= 0.3 is 0 Å². The molecule has 4 nitrogen and oxygen atoms in total. The molecule has 0 saturated carbocycles. The number of aliphatic hydroxyl groups excluding tert-OH is 1. The fourth-order valence-electron chi connectivity index (χ4n) is 2.45. The van der Waals surface area contributed by atoms with Gasteiger partial charge in [0.1, 0.15) is 12.4 Å². The quantitative estimate of drug-likeness (QED) is 0.691. The molecule has 0 bridgehead atoms. The SMILES string of the molecule is CC(C)=CCOc1cccc(C(=O)Nc2ccccc2[C@@H](O)C(C)C)c1. The molecule has 2 N–H and O–H groups in total. The number of nitrogens with one attached hydrogen (secondary N) is 1. The van der Waals surface area contributed by atoms with Crippen LogP contribution in [-0.2, 0) is 0 Å². The van der Waals surface area contributed by atoms with Crippen LogP contribution >= 0.6 is 0 Å². The average Bonchev–Trinajstić information content (AvgIpc) is 2.61. The van der Waals surface area contributed by atoms with Gasteiger partial charge in [-0.1, -0.05) is 43.7 Å². The standard InChI is InChI=1S/C22H27NO3/c1-15(2)12-13-26-18-9-7-8-17(14-18)22(25)23-20-11-6-5-10-19(20)21(24)16(3)4/h5-12,14,16,21,24H,13H2,1-4H3,(H,23,25)/t21-/m0/s1. The van der Waals surface area contributed by atoms with Crippen LogP contribution in [-0.4, -0.2) is 17.6 Å². The van der Waals surface area contributed by atoms with Crippen LogP contribution in [0.1, 0.15) is 49.7 Å². The predicted molar refractivity (Wildman–Crippen MR) is 106 cm³/mol. The van der Waals surface area contributed by atoms with Crippen molar-refractivity contribution < 1.29 is 14.6 Å². The number of para-hydroxylation sites is 1. The minimum atomic E-state index is -0.634. The zero-order chi connectivity index (χ0) is 19.1. The number of aliphatic hydroxyl groups is 1. The van der Waals surface area contributed by atoms with Crippen LogP contribution in [0.5, 0.6) is 5.75 Å². The van der Waals surface area contributed by atoms with Gasteiger partial charge in [-0.05, 0) is 50.1 Å². The normalized spacial score (nSPS) is 11.8. The van der Waals surface area contributed by atoms with Gasteiger partial charge in [0.2, 0.25) is 0 Å². The highest BCUT2D eigenvalue weighted by Crippen LogP contribution is 2.28. The second-order valence-corrected chi connectivity index (χ2v) is 6.85. The van der Waals surface area contributed by atoms with Crippen molar-refractivity contribution in [3.63, 3.8) is 0 Å². The Bertz CT molecular complexity index is 776. The Labute approximate surface area is 155 Å². The van der Waals surface area contributed by atoms with Crippen molar-refractivity contribution in [2.75, 3.05) is 11.9 Å². The van der Waals surface area contributed by atoms with E-state index in [1.807, 2.05) is 58.0 Å². The molecule has 0 heterocycles. The van der Waals surface area contributed by atoms with Gasteiger partial charge < -0.3 is 15.2 Å². The molecule has 0 spiro atoms. The molecule has 0 aliphatic carbocycles. The van der Waals surface area contributed by atoms with Crippen molar-refractivity contribution in [2.24, 2.45) is 5.92 Å². The van der Waals surface area contributed by atoms with E-state index in [9.17, 15) is 9.90 Å². The third-order valence-electron chi connectivity index (χ3n) is 4.00. The van der Waals surface area contributed by atoms with Crippen molar-refractivity contribution in [2.45, 2.75) is 33.8 Å². The molecule has 26 heavy (non-hydrogen) atoms. The van der Waals surface area contributed by atoms with E-state index >= 15 is 0 Å². The van der Waals surface area contributed by atoms with E-state index in [0.717, 1.165) is 0 Å². The van der Waals surface area contributed by atoms with E-state index in [0.29, 0.717) is 29.2 Å². The zero-order valence-corrected chi connectivity index (χ0v) is 15.8. The number of carbonyl (C=O) groups excluding carboxylic acids is 1. The number of anilines is 1. The summed E-state index contributed by atoms with van der Waals surface area (Å²) >= 11 is 0. The summed E-state index contributed by atoms with van der Waals surface area (Å²) in [5.41, 5.74) is 3.02. The summed E-state index contributed by atoms with van der Waals surface area (Å²) in [5, 5.41) is 13.3. The monoisotopic (exact) mass is 353 g/mol. The van der Waals surface area contributed by atoms with E-state index in [1.165, 1.54) is 5.57 Å². The smallest absolute Gasteiger partial charge is 0.255 e. The van der Waals surface area contributed by atoms with E-state index in [1.54, 1.807) is 24.3 Å². The summed E-state index contributed by atoms with van der Waals surface area (Å²) in [5.74, 6) is 0.464. The number of ether oxygens (including phenoxy) is 1. The van der Waals surface area contributed by atoms with Crippen LogP contribution in [0, 0.1) is 5.92 Å². The van der Waals surface area contributed by atoms with Gasteiger partial charge in [-0.25, -0.2) is 0 Å². The fraction of sp³-hybridized carbons (Fsp3) is 0.318. The number of amides is 1. The molecule has 0 fully saturated rings. The van der Waals surface area contributed by atoms with Crippen LogP contribution in [0.2, 0.25) is 0 Å². The lowest BCUT2D eigenvalue weighted by Crippen LogP contribution is -2.16. The molecular weight excluding hydrogens is 326 g/mol. The molecular formula is C22H27NO3. The molecule has 138 valence electrons. The second-order valence-electron chi connectivity index (χ2n) is 6.85. The largest absolute Gasteiger partial charge is 0.490 e. The third kappa shape index (κ3) is 5.46. The van der Waals surface area contributed by atoms with E-state index in [2.05, 4.69) is 5.32 Å². The molecule has 2 aromatic rings. The van der Waals surface area contributed by atoms with Crippen molar-refractivity contribution in [3.05, 3.63) is 71.3 Å². The molecule has 2 rings (SSSR count). The van der Waals surface area contributed by atoms with Gasteiger partial charge in [0.05, 0.1) is 6.10 Å². The van der Waals surface area contributed by atoms with E-state index in [4.69, 9.17) is 4.74 Å². The first kappa shape index (κ1) is 19.7. The molecule has 0 unspecified atom stereocenters. The molecule has 0 aliphatic rings. The Morgan fingerprint density at radius 1 is 1.15 bits per heavy atom. The maximum Gasteiger partial charge on any atom is 0.255 e. The predicted octanol–water partition coefficient (Wildman–Crippen LogP) is 4.97. The van der Waals surface area contributed by atoms with Gasteiger partial charge in [-0.2, -0.15) is 0 Å². The number of carbonyl (C=O) groups is 1. The van der Waals surface area contributed by atoms with Crippen molar-refractivity contribution in [3.8, 4) is 5.75 Å². The number of hydrogen-bond acceptors (Lipinski definition) is 3. The summed E-state index contributed by atoms with van der Waals surface area (Å²) in [4.78, 5) is 12.6. The van der Waals surface area contributed by atoms with Crippen molar-refractivity contribution >= 4 is 11.6 Å². The second kappa shape index (κ2) is 9.20. The Kier molecular flexibility index (Phi) is 6.98. The van der Waals surface area contributed by atoms with E-state index in [-0.39, 0.29) is 11.8 Å². The first-order chi connectivity index (χ1) is 12.4. The van der Waals surface area contributed by atoms with Gasteiger partial charge in [-0.3, -0.25) is 4.79 Å². The zero-order valence-electron chi connectivity index (χ0n) is 15.8. The number of benzene rings is 2. The van der Waals surface area contributed by atoms with E-state index < -0.39 is 6.10 Å². The Hall–Kier alpha value is -2.59. The number of hydrogen-bond donors (Lipinski definition) is 2. The molecule has 0 radical (unpaired) electrons. The van der Waals surface area contributed by atoms with Gasteiger partial charge in [-0.15, -0.1) is 0 Å². The van der Waals surface area contributed by atoms with Gasteiger partial charge in [0.25, 0.3) is 5.91 Å². The summed E-state index contributed by atoms with van der Waals surface area (Å²) in [7, 11) is 0. The Balaban J connectivity index is 2.15. The molecule has 1 amide bonds. The van der Waals surface area contributed by atoms with Gasteiger partial charge in [0, 0.05) is 16.8 Å². The van der Waals surface area contributed by atoms with Crippen LogP contribution in [0.4, 0.5) is 5.69 Å². The maximum atomic E-state index is 12.6. The number of allylic oxidation sites excluding steroid dienone is 1. The van der Waals surface area contributed by atoms with Crippen LogP contribution in [0.3, 0.4) is 0 Å². The molecule has 0 aliphatic heterocycles. The first-order valence-electron chi connectivity index (χ1n) is 8.83. The topological polar surface area (TPSA) is 58.6 Å². The fourth-order valence-corrected chi connectivity index (χ4v) is 2.45. The highest BCUT2D eigenvalue weighted by Gasteiger charge is 2.17. The average molecular weight is 353 g/mol. The molecule has 2 aromatic carbocycles. The summed E-state index contributed by atoms with van der Waals surface area (Å²) in [6.07, 6.45) is 1.35. The van der Waals surface area contributed by atoms with Crippen LogP contribution in [0.25, 0.3) is 0 Å². The third-order valence-corrected chi connectivity index (χ3v) is 4.00. The molecule has 0 aromatic heterocycles. The van der Waals surface area contributed by atoms with Crippen LogP contribution in [0.15, 0.2) is 60.2 Å². The Morgan fingerprint density at radius 2 is 1.88 bits per heavy atom. The molecule has 4 heteroatoms. The minimum absolute atomic E-state index is 0.0554. The summed E-state index contributed by atoms with van der Waals surface area (Å²) < 4.78 is 5.65. The lowest BCUT2D eigenvalue weighted by Gasteiger charge is -2.19.